The fourth-order valence-corrected chi connectivity index (χ4v) is 5.40. The van der Waals surface area contributed by atoms with Crippen LogP contribution >= 0.6 is 11.6 Å². The van der Waals surface area contributed by atoms with Crippen molar-refractivity contribution in [2.45, 2.75) is 25.2 Å². The van der Waals surface area contributed by atoms with Gasteiger partial charge in [0.05, 0.1) is 35.8 Å². The lowest BCUT2D eigenvalue weighted by Crippen LogP contribution is -2.41. The van der Waals surface area contributed by atoms with Gasteiger partial charge in [-0.2, -0.15) is 0 Å². The molecule has 0 heterocycles. The number of hydrogen-bond donors (Lipinski definition) is 1. The highest BCUT2D eigenvalue weighted by Crippen LogP contribution is 2.31. The van der Waals surface area contributed by atoms with Crippen LogP contribution in [-0.4, -0.2) is 52.7 Å². The summed E-state index contributed by atoms with van der Waals surface area (Å²) in [6.07, 6.45) is 0.455. The van der Waals surface area contributed by atoms with Gasteiger partial charge in [0.25, 0.3) is 15.7 Å². The summed E-state index contributed by atoms with van der Waals surface area (Å²) in [5.74, 6) is 1.13. The van der Waals surface area contributed by atoms with Gasteiger partial charge in [0.2, 0.25) is 5.91 Å². The number of carbonyl (C=O) groups excluding carboxylic acids is 1. The predicted molar refractivity (Wildman–Crippen MR) is 151 cm³/mol. The van der Waals surface area contributed by atoms with Gasteiger partial charge in [0.1, 0.15) is 17.3 Å². The number of sulfonamides is 1. The lowest BCUT2D eigenvalue weighted by molar-refractivity contribution is -0.384. The standard InChI is InChI=1S/C27H30ClN3O8S/c1-4-38-25-13-6-19(16-26(25)39-5-2)14-15-29-27(32)18-30(20-7-9-21(37-3)10-8-20)40(35,36)22-11-12-23(28)24(17-22)31(33)34/h6-13,16-17H,4-5,14-15,18H2,1-3H3,(H,29,32). The number of rotatable bonds is 14. The van der Waals surface area contributed by atoms with Crippen LogP contribution < -0.4 is 23.8 Å². The van der Waals surface area contributed by atoms with Crippen LogP contribution in [0.25, 0.3) is 0 Å². The number of ether oxygens (including phenoxy) is 3. The SMILES string of the molecule is CCOc1ccc(CCNC(=O)CN(c2ccc(OC)cc2)S(=O)(=O)c2ccc(Cl)c([N+](=O)[O-])c2)cc1OCC. The summed E-state index contributed by atoms with van der Waals surface area (Å²) < 4.78 is 44.5. The van der Waals surface area contributed by atoms with Gasteiger partial charge >= 0.3 is 0 Å². The molecule has 0 aliphatic heterocycles. The van der Waals surface area contributed by atoms with E-state index in [1.165, 1.54) is 19.2 Å². The Hall–Kier alpha value is -4.03. The third kappa shape index (κ3) is 7.54. The number of benzene rings is 3. The maximum absolute atomic E-state index is 13.6. The van der Waals surface area contributed by atoms with Gasteiger partial charge in [0, 0.05) is 12.6 Å². The smallest absolute Gasteiger partial charge is 0.289 e. The fraction of sp³-hybridized carbons (Fsp3) is 0.296. The molecule has 40 heavy (non-hydrogen) atoms. The lowest BCUT2D eigenvalue weighted by Gasteiger charge is -2.24. The molecule has 214 valence electrons. The third-order valence-corrected chi connectivity index (χ3v) is 7.78. The zero-order valence-electron chi connectivity index (χ0n) is 22.3. The Kier molecular flexibility index (Phi) is 10.6. The first-order valence-electron chi connectivity index (χ1n) is 12.4. The quantitative estimate of drug-likeness (QED) is 0.212. The average molecular weight is 592 g/mol. The van der Waals surface area contributed by atoms with Gasteiger partial charge in [-0.15, -0.1) is 0 Å². The molecule has 0 aliphatic rings. The van der Waals surface area contributed by atoms with Crippen molar-refractivity contribution in [1.82, 2.24) is 5.32 Å². The number of nitro benzene ring substituents is 1. The molecule has 0 unspecified atom stereocenters. The fourth-order valence-electron chi connectivity index (χ4n) is 3.77. The van der Waals surface area contributed by atoms with Crippen LogP contribution in [0, 0.1) is 10.1 Å². The summed E-state index contributed by atoms with van der Waals surface area (Å²) in [6, 6.07) is 14.7. The zero-order valence-corrected chi connectivity index (χ0v) is 23.8. The Morgan fingerprint density at radius 1 is 1.00 bits per heavy atom. The largest absolute Gasteiger partial charge is 0.497 e. The Labute approximate surface area is 237 Å². The van der Waals surface area contributed by atoms with Crippen LogP contribution in [0.5, 0.6) is 17.2 Å². The highest BCUT2D eigenvalue weighted by Gasteiger charge is 2.29. The molecular formula is C27H30ClN3O8S. The minimum absolute atomic E-state index is 0.168. The van der Waals surface area contributed by atoms with Crippen LogP contribution in [0.2, 0.25) is 5.02 Å². The summed E-state index contributed by atoms with van der Waals surface area (Å²) in [5, 5.41) is 13.9. The van der Waals surface area contributed by atoms with Crippen molar-refractivity contribution >= 4 is 38.9 Å². The number of carbonyl (C=O) groups is 1. The first-order chi connectivity index (χ1) is 19.1. The molecule has 0 spiro atoms. The highest BCUT2D eigenvalue weighted by atomic mass is 35.5. The van der Waals surface area contributed by atoms with Gasteiger partial charge in [0.15, 0.2) is 11.5 Å². The Bertz CT molecular complexity index is 1450. The van der Waals surface area contributed by atoms with Gasteiger partial charge in [-0.3, -0.25) is 19.2 Å². The number of nitrogens with zero attached hydrogens (tertiary/aromatic N) is 2. The monoisotopic (exact) mass is 591 g/mol. The highest BCUT2D eigenvalue weighted by molar-refractivity contribution is 7.92. The molecule has 13 heteroatoms. The van der Waals surface area contributed by atoms with Crippen molar-refractivity contribution < 1.29 is 32.3 Å². The maximum Gasteiger partial charge on any atom is 0.289 e. The van der Waals surface area contributed by atoms with Crippen LogP contribution in [0.1, 0.15) is 19.4 Å². The molecule has 0 saturated carbocycles. The van der Waals surface area contributed by atoms with Crippen LogP contribution in [0.15, 0.2) is 65.6 Å². The van der Waals surface area contributed by atoms with Crippen molar-refractivity contribution in [3.63, 3.8) is 0 Å². The third-order valence-electron chi connectivity index (χ3n) is 5.69. The molecule has 1 N–H and O–H groups in total. The number of halogens is 1. The van der Waals surface area contributed by atoms with Crippen molar-refractivity contribution in [1.29, 1.82) is 0 Å². The molecule has 0 atom stereocenters. The molecule has 3 aromatic carbocycles. The van der Waals surface area contributed by atoms with E-state index in [0.717, 1.165) is 28.1 Å². The van der Waals surface area contributed by atoms with Gasteiger partial charge in [-0.25, -0.2) is 8.42 Å². The van der Waals surface area contributed by atoms with E-state index < -0.39 is 33.1 Å². The van der Waals surface area contributed by atoms with Crippen molar-refractivity contribution in [2.75, 3.05) is 37.7 Å². The van der Waals surface area contributed by atoms with Crippen LogP contribution in [0.3, 0.4) is 0 Å². The molecule has 1 amide bonds. The number of amides is 1. The van der Waals surface area contributed by atoms with E-state index >= 15 is 0 Å². The number of nitro groups is 1. The minimum Gasteiger partial charge on any atom is -0.497 e. The summed E-state index contributed by atoms with van der Waals surface area (Å²) >= 11 is 5.87. The molecule has 0 aromatic heterocycles. The topological polar surface area (TPSA) is 137 Å². The minimum atomic E-state index is -4.40. The van der Waals surface area contributed by atoms with E-state index in [4.69, 9.17) is 25.8 Å². The molecule has 3 aromatic rings. The molecule has 11 nitrogen and oxygen atoms in total. The van der Waals surface area contributed by atoms with Gasteiger partial charge in [-0.05, 0) is 74.4 Å². The lowest BCUT2D eigenvalue weighted by atomic mass is 10.1. The Morgan fingerprint density at radius 2 is 1.68 bits per heavy atom. The van der Waals surface area contributed by atoms with E-state index in [2.05, 4.69) is 5.32 Å². The number of anilines is 1. The van der Waals surface area contributed by atoms with Gasteiger partial charge in [-0.1, -0.05) is 17.7 Å². The zero-order chi connectivity index (χ0) is 29.3. The molecule has 0 aliphatic carbocycles. The van der Waals surface area contributed by atoms with E-state index in [-0.39, 0.29) is 22.2 Å². The number of hydrogen-bond acceptors (Lipinski definition) is 8. The van der Waals surface area contributed by atoms with E-state index in [9.17, 15) is 23.3 Å². The predicted octanol–water partition coefficient (Wildman–Crippen LogP) is 4.61. The normalized spacial score (nSPS) is 11.0. The van der Waals surface area contributed by atoms with Crippen LogP contribution in [-0.2, 0) is 21.2 Å². The van der Waals surface area contributed by atoms with Crippen molar-refractivity contribution in [3.05, 3.63) is 81.4 Å². The number of methoxy groups -OCH3 is 1. The molecule has 0 fully saturated rings. The van der Waals surface area contributed by atoms with E-state index in [0.29, 0.717) is 36.9 Å². The van der Waals surface area contributed by atoms with E-state index in [1.54, 1.807) is 18.2 Å². The second kappa shape index (κ2) is 13.9. The van der Waals surface area contributed by atoms with Crippen molar-refractivity contribution in [2.24, 2.45) is 0 Å². The first kappa shape index (κ1) is 30.5. The molecule has 3 rings (SSSR count). The molecule has 0 radical (unpaired) electrons. The molecular weight excluding hydrogens is 562 g/mol. The average Bonchev–Trinajstić information content (AvgIpc) is 2.93. The second-order valence-electron chi connectivity index (χ2n) is 8.33. The van der Waals surface area contributed by atoms with Crippen molar-refractivity contribution in [3.8, 4) is 17.2 Å². The van der Waals surface area contributed by atoms with E-state index in [1.807, 2.05) is 26.0 Å². The summed E-state index contributed by atoms with van der Waals surface area (Å²) in [4.78, 5) is 23.1. The first-order valence-corrected chi connectivity index (χ1v) is 14.2. The molecule has 0 saturated heterocycles. The second-order valence-corrected chi connectivity index (χ2v) is 10.6. The maximum atomic E-state index is 13.6. The Morgan fingerprint density at radius 3 is 2.30 bits per heavy atom. The Balaban J connectivity index is 1.81. The molecule has 0 bridgehead atoms. The van der Waals surface area contributed by atoms with Gasteiger partial charge < -0.3 is 19.5 Å². The summed E-state index contributed by atoms with van der Waals surface area (Å²) in [7, 11) is -2.94. The summed E-state index contributed by atoms with van der Waals surface area (Å²) in [5.41, 5.74) is 0.491. The number of nitrogens with one attached hydrogen (secondary N) is 1. The van der Waals surface area contributed by atoms with Crippen LogP contribution in [0.4, 0.5) is 11.4 Å². The summed E-state index contributed by atoms with van der Waals surface area (Å²) in [6.45, 7) is 4.36.